The molecule has 6 heteroatoms. The van der Waals surface area contributed by atoms with Gasteiger partial charge < -0.3 is 9.47 Å². The van der Waals surface area contributed by atoms with Crippen molar-refractivity contribution in [3.63, 3.8) is 0 Å². The molecule has 4 nitrogen and oxygen atoms in total. The molecule has 1 aromatic heterocycles. The number of halogens is 2. The molecule has 2 aromatic rings. The lowest BCUT2D eigenvalue weighted by molar-refractivity contribution is 0.177. The van der Waals surface area contributed by atoms with Crippen LogP contribution in [-0.2, 0) is 11.3 Å². The van der Waals surface area contributed by atoms with E-state index in [9.17, 15) is 0 Å². The van der Waals surface area contributed by atoms with Crippen LogP contribution in [0.3, 0.4) is 0 Å². The summed E-state index contributed by atoms with van der Waals surface area (Å²) in [6.45, 7) is 0.294. The Morgan fingerprint density at radius 1 is 1.28 bits per heavy atom. The van der Waals surface area contributed by atoms with Gasteiger partial charge in [-0.25, -0.2) is 4.98 Å². The average Bonchev–Trinajstić information content (AvgIpc) is 2.32. The second-order valence-electron chi connectivity index (χ2n) is 3.41. The summed E-state index contributed by atoms with van der Waals surface area (Å²) in [5.74, 6) is 1.63. The minimum absolute atomic E-state index is 0.294. The monoisotopic (exact) mass is 376 g/mol. The molecule has 0 aliphatic carbocycles. The van der Waals surface area contributed by atoms with Crippen LogP contribution < -0.4 is 4.74 Å². The first kappa shape index (κ1) is 13.5. The highest BCUT2D eigenvalue weighted by Crippen LogP contribution is 2.26. The van der Waals surface area contributed by atoms with Gasteiger partial charge in [0.15, 0.2) is 5.82 Å². The number of aromatic nitrogens is 2. The zero-order valence-electron chi connectivity index (χ0n) is 9.56. The van der Waals surface area contributed by atoms with E-state index < -0.39 is 0 Å². The lowest BCUT2D eigenvalue weighted by Gasteiger charge is -2.08. The van der Waals surface area contributed by atoms with Gasteiger partial charge >= 0.3 is 0 Å². The molecular weight excluding hydrogens is 367 g/mol. The molecular formula is C12H10ClIN2O2. The van der Waals surface area contributed by atoms with Crippen LogP contribution in [0.15, 0.2) is 30.3 Å². The summed E-state index contributed by atoms with van der Waals surface area (Å²) in [5, 5.41) is 0.331. The van der Waals surface area contributed by atoms with Crippen molar-refractivity contribution in [1.29, 1.82) is 0 Å². The Labute approximate surface area is 123 Å². The maximum Gasteiger partial charge on any atom is 0.224 e. The van der Waals surface area contributed by atoms with Gasteiger partial charge in [-0.2, -0.15) is 4.98 Å². The first-order valence-corrected chi connectivity index (χ1v) is 6.59. The summed E-state index contributed by atoms with van der Waals surface area (Å²) in [6.07, 6.45) is 0. The molecule has 0 fully saturated rings. The molecule has 0 saturated carbocycles. The quantitative estimate of drug-likeness (QED) is 0.603. The van der Waals surface area contributed by atoms with Crippen LogP contribution in [0, 0.1) is 3.57 Å². The lowest BCUT2D eigenvalue weighted by atomic mass is 10.3. The Morgan fingerprint density at radius 2 is 2.06 bits per heavy atom. The number of ether oxygens (including phenoxy) is 2. The van der Waals surface area contributed by atoms with E-state index in [1.807, 2.05) is 24.3 Å². The molecule has 0 saturated heterocycles. The van der Waals surface area contributed by atoms with Gasteiger partial charge in [0.05, 0.1) is 3.57 Å². The zero-order chi connectivity index (χ0) is 13.0. The normalized spacial score (nSPS) is 10.4. The Bertz CT molecular complexity index is 551. The number of para-hydroxylation sites is 1. The first-order chi connectivity index (χ1) is 8.69. The maximum absolute atomic E-state index is 5.90. The van der Waals surface area contributed by atoms with Crippen LogP contribution in [0.25, 0.3) is 0 Å². The fraction of sp³-hybridized carbons (Fsp3) is 0.167. The molecule has 0 unspecified atom stereocenters. The van der Waals surface area contributed by atoms with Crippen LogP contribution in [0.5, 0.6) is 11.6 Å². The fourth-order valence-electron chi connectivity index (χ4n) is 1.33. The molecule has 0 spiro atoms. The predicted octanol–water partition coefficient (Wildman–Crippen LogP) is 3.67. The Balaban J connectivity index is 2.26. The lowest BCUT2D eigenvalue weighted by Crippen LogP contribution is -1.99. The van der Waals surface area contributed by atoms with E-state index in [1.165, 1.54) is 0 Å². The highest BCUT2D eigenvalue weighted by molar-refractivity contribution is 14.1. The number of hydrogen-bond donors (Lipinski definition) is 0. The summed E-state index contributed by atoms with van der Waals surface area (Å²) >= 11 is 8.10. The molecule has 2 rings (SSSR count). The van der Waals surface area contributed by atoms with Gasteiger partial charge in [0, 0.05) is 13.2 Å². The topological polar surface area (TPSA) is 44.2 Å². The van der Waals surface area contributed by atoms with Gasteiger partial charge in [-0.1, -0.05) is 23.7 Å². The highest BCUT2D eigenvalue weighted by Gasteiger charge is 2.07. The minimum Gasteiger partial charge on any atom is -0.438 e. The second-order valence-corrected chi connectivity index (χ2v) is 4.96. The summed E-state index contributed by atoms with van der Waals surface area (Å²) in [4.78, 5) is 8.25. The van der Waals surface area contributed by atoms with Crippen molar-refractivity contribution in [2.45, 2.75) is 6.61 Å². The first-order valence-electron chi connectivity index (χ1n) is 5.14. The molecule has 1 aromatic carbocycles. The van der Waals surface area contributed by atoms with E-state index in [0.29, 0.717) is 23.5 Å². The van der Waals surface area contributed by atoms with Crippen LogP contribution in [0.2, 0.25) is 5.15 Å². The fourth-order valence-corrected chi connectivity index (χ4v) is 2.02. The molecule has 0 bridgehead atoms. The number of benzene rings is 1. The van der Waals surface area contributed by atoms with Crippen molar-refractivity contribution in [2.75, 3.05) is 7.11 Å². The van der Waals surface area contributed by atoms with Gasteiger partial charge in [0.1, 0.15) is 17.5 Å². The Morgan fingerprint density at radius 3 is 2.78 bits per heavy atom. The summed E-state index contributed by atoms with van der Waals surface area (Å²) in [5.41, 5.74) is 0. The molecule has 18 heavy (non-hydrogen) atoms. The van der Waals surface area contributed by atoms with E-state index in [-0.39, 0.29) is 0 Å². The van der Waals surface area contributed by atoms with Crippen molar-refractivity contribution >= 4 is 34.2 Å². The van der Waals surface area contributed by atoms with Gasteiger partial charge in [0.25, 0.3) is 0 Å². The molecule has 1 heterocycles. The molecule has 0 amide bonds. The maximum atomic E-state index is 5.90. The largest absolute Gasteiger partial charge is 0.438 e. The van der Waals surface area contributed by atoms with E-state index in [2.05, 4.69) is 32.6 Å². The Kier molecular flexibility index (Phi) is 4.73. The number of rotatable bonds is 4. The van der Waals surface area contributed by atoms with Crippen LogP contribution >= 0.6 is 34.2 Å². The van der Waals surface area contributed by atoms with Gasteiger partial charge in [-0.3, -0.25) is 0 Å². The molecule has 0 aliphatic rings. The van der Waals surface area contributed by atoms with Gasteiger partial charge in [0.2, 0.25) is 5.88 Å². The third-order valence-electron chi connectivity index (χ3n) is 2.04. The van der Waals surface area contributed by atoms with Crippen molar-refractivity contribution in [3.05, 3.63) is 44.9 Å². The van der Waals surface area contributed by atoms with E-state index in [4.69, 9.17) is 21.1 Å². The van der Waals surface area contributed by atoms with Crippen LogP contribution in [-0.4, -0.2) is 17.1 Å². The number of nitrogens with zero attached hydrogens (tertiary/aromatic N) is 2. The smallest absolute Gasteiger partial charge is 0.224 e. The summed E-state index contributed by atoms with van der Waals surface area (Å²) < 4.78 is 11.6. The standard InChI is InChI=1S/C12H10ClIN2O2/c1-17-7-11-15-10(13)6-12(16-11)18-9-5-3-2-4-8(9)14/h2-6H,7H2,1H3. The third kappa shape index (κ3) is 3.54. The van der Waals surface area contributed by atoms with E-state index in [1.54, 1.807) is 13.2 Å². The summed E-state index contributed by atoms with van der Waals surface area (Å²) in [7, 11) is 1.57. The third-order valence-corrected chi connectivity index (χ3v) is 3.13. The summed E-state index contributed by atoms with van der Waals surface area (Å²) in [6, 6.07) is 9.24. The molecule has 94 valence electrons. The van der Waals surface area contributed by atoms with Crippen molar-refractivity contribution in [3.8, 4) is 11.6 Å². The van der Waals surface area contributed by atoms with Crippen molar-refractivity contribution < 1.29 is 9.47 Å². The Hall–Kier alpha value is -0.920. The SMILES string of the molecule is COCc1nc(Cl)cc(Oc2ccccc2I)n1. The zero-order valence-corrected chi connectivity index (χ0v) is 12.5. The van der Waals surface area contributed by atoms with Crippen molar-refractivity contribution in [2.24, 2.45) is 0 Å². The molecule has 0 aliphatic heterocycles. The minimum atomic E-state index is 0.294. The van der Waals surface area contributed by atoms with Crippen LogP contribution in [0.1, 0.15) is 5.82 Å². The number of hydrogen-bond acceptors (Lipinski definition) is 4. The number of methoxy groups -OCH3 is 1. The average molecular weight is 377 g/mol. The predicted molar refractivity (Wildman–Crippen MR) is 77.0 cm³/mol. The molecule has 0 N–H and O–H groups in total. The van der Waals surface area contributed by atoms with Crippen molar-refractivity contribution in [1.82, 2.24) is 9.97 Å². The highest BCUT2D eigenvalue weighted by atomic mass is 127. The second kappa shape index (κ2) is 6.31. The van der Waals surface area contributed by atoms with Gasteiger partial charge in [-0.15, -0.1) is 0 Å². The molecule has 0 atom stereocenters. The van der Waals surface area contributed by atoms with Gasteiger partial charge in [-0.05, 0) is 34.7 Å². The molecule has 0 radical (unpaired) electrons. The van der Waals surface area contributed by atoms with E-state index in [0.717, 1.165) is 9.32 Å². The van der Waals surface area contributed by atoms with Crippen LogP contribution in [0.4, 0.5) is 0 Å². The van der Waals surface area contributed by atoms with E-state index >= 15 is 0 Å².